The highest BCUT2D eigenvalue weighted by molar-refractivity contribution is 6.31. The van der Waals surface area contributed by atoms with Gasteiger partial charge in [-0.2, -0.15) is 0 Å². The maximum absolute atomic E-state index is 10.6. The number of fused-ring (bicyclic) bond motifs is 1. The molecular weight excluding hydrogens is 266 g/mol. The summed E-state index contributed by atoms with van der Waals surface area (Å²) < 4.78 is 1.99. The normalized spacial score (nSPS) is 11.4. The molecule has 0 aliphatic heterocycles. The fraction of sp³-hybridized carbons (Fsp3) is 0.462. The molecule has 0 atom stereocenters. The number of hydrogen-bond donors (Lipinski definition) is 1. The lowest BCUT2D eigenvalue weighted by Gasteiger charge is -2.09. The minimum atomic E-state index is -0.786. The minimum Gasteiger partial charge on any atom is -0.481 e. The number of imidazole rings is 1. The number of carbonyl (C=O) groups is 1. The van der Waals surface area contributed by atoms with Crippen molar-refractivity contribution < 1.29 is 9.90 Å². The summed E-state index contributed by atoms with van der Waals surface area (Å²) in [7, 11) is 0. The van der Waals surface area contributed by atoms with Crippen LogP contribution in [0.5, 0.6) is 0 Å². The van der Waals surface area contributed by atoms with Crippen molar-refractivity contribution in [3.8, 4) is 0 Å². The lowest BCUT2D eigenvalue weighted by atomic mass is 10.2. The minimum absolute atomic E-state index is 0.144. The molecule has 0 unspecified atom stereocenters. The summed E-state index contributed by atoms with van der Waals surface area (Å²) in [5, 5.41) is 9.27. The van der Waals surface area contributed by atoms with Gasteiger partial charge >= 0.3 is 5.97 Å². The van der Waals surface area contributed by atoms with E-state index in [0.717, 1.165) is 17.0 Å². The summed E-state index contributed by atoms with van der Waals surface area (Å²) in [6.45, 7) is 4.71. The highest BCUT2D eigenvalue weighted by Gasteiger charge is 2.15. The zero-order valence-corrected chi connectivity index (χ0v) is 11.7. The number of halogens is 1. The molecule has 0 bridgehead atoms. The highest BCUT2D eigenvalue weighted by atomic mass is 35.5. The van der Waals surface area contributed by atoms with Crippen LogP contribution in [-0.4, -0.2) is 25.6 Å². The highest BCUT2D eigenvalue weighted by Crippen LogP contribution is 2.23. The number of hydrogen-bond acceptors (Lipinski definition) is 3. The van der Waals surface area contributed by atoms with E-state index >= 15 is 0 Å². The zero-order valence-electron chi connectivity index (χ0n) is 10.9. The average Bonchev–Trinajstić information content (AvgIpc) is 2.67. The Bertz CT molecular complexity index is 607. The molecule has 0 saturated heterocycles. The van der Waals surface area contributed by atoms with Crippen LogP contribution in [0.25, 0.3) is 11.2 Å². The largest absolute Gasteiger partial charge is 0.481 e. The van der Waals surface area contributed by atoms with Crippen molar-refractivity contribution in [3.05, 3.63) is 23.1 Å². The molecule has 0 radical (unpaired) electrons. The number of carboxylic acids is 1. The molecule has 5 nitrogen and oxygen atoms in total. The summed E-state index contributed by atoms with van der Waals surface area (Å²) in [5.41, 5.74) is 1.52. The van der Waals surface area contributed by atoms with Gasteiger partial charge in [0, 0.05) is 25.1 Å². The summed E-state index contributed by atoms with van der Waals surface area (Å²) >= 11 is 5.92. The molecule has 0 saturated carbocycles. The van der Waals surface area contributed by atoms with Gasteiger partial charge in [-0.25, -0.2) is 9.97 Å². The molecule has 0 spiro atoms. The molecule has 0 aliphatic rings. The molecule has 6 heteroatoms. The SMILES string of the molecule is CC(C)c1nc2cc(Cl)cnc2n1CCCC(=O)O. The van der Waals surface area contributed by atoms with E-state index in [2.05, 4.69) is 23.8 Å². The molecule has 0 aromatic carbocycles. The van der Waals surface area contributed by atoms with Crippen LogP contribution in [0.3, 0.4) is 0 Å². The Labute approximate surface area is 116 Å². The van der Waals surface area contributed by atoms with Gasteiger partial charge in [-0.1, -0.05) is 25.4 Å². The predicted octanol–water partition coefficient (Wildman–Crippen LogP) is 3.07. The van der Waals surface area contributed by atoms with Crippen LogP contribution in [0.4, 0.5) is 0 Å². The van der Waals surface area contributed by atoms with E-state index in [9.17, 15) is 4.79 Å². The van der Waals surface area contributed by atoms with Gasteiger partial charge in [-0.15, -0.1) is 0 Å². The monoisotopic (exact) mass is 281 g/mol. The Balaban J connectivity index is 2.37. The number of carboxylic acid groups (broad SMARTS) is 1. The molecule has 2 heterocycles. The van der Waals surface area contributed by atoms with Gasteiger partial charge in [0.2, 0.25) is 0 Å². The standard InChI is InChI=1S/C13H16ClN3O2/c1-8(2)12-16-10-6-9(14)7-15-13(10)17(12)5-3-4-11(18)19/h6-8H,3-5H2,1-2H3,(H,18,19). The topological polar surface area (TPSA) is 68.0 Å². The van der Waals surface area contributed by atoms with E-state index < -0.39 is 5.97 Å². The van der Waals surface area contributed by atoms with E-state index in [1.807, 2.05) is 4.57 Å². The molecule has 0 amide bonds. The summed E-state index contributed by atoms with van der Waals surface area (Å²) in [4.78, 5) is 19.4. The van der Waals surface area contributed by atoms with Crippen LogP contribution in [0.2, 0.25) is 5.02 Å². The third-order valence-electron chi connectivity index (χ3n) is 2.87. The molecule has 1 N–H and O–H groups in total. The second-order valence-corrected chi connectivity index (χ2v) is 5.21. The third kappa shape index (κ3) is 3.04. The van der Waals surface area contributed by atoms with Gasteiger partial charge < -0.3 is 9.67 Å². The van der Waals surface area contributed by atoms with Crippen LogP contribution in [0.15, 0.2) is 12.3 Å². The fourth-order valence-electron chi connectivity index (χ4n) is 2.05. The van der Waals surface area contributed by atoms with Crippen LogP contribution in [0.1, 0.15) is 38.4 Å². The van der Waals surface area contributed by atoms with Gasteiger partial charge in [0.25, 0.3) is 0 Å². The summed E-state index contributed by atoms with van der Waals surface area (Å²) in [6.07, 6.45) is 2.29. The van der Waals surface area contributed by atoms with E-state index in [0.29, 0.717) is 18.0 Å². The molecule has 2 aromatic rings. The number of aryl methyl sites for hydroxylation is 1. The van der Waals surface area contributed by atoms with Crippen molar-refractivity contribution in [2.45, 2.75) is 39.2 Å². The average molecular weight is 282 g/mol. The first kappa shape index (κ1) is 13.8. The van der Waals surface area contributed by atoms with Gasteiger partial charge in [-0.3, -0.25) is 4.79 Å². The van der Waals surface area contributed by atoms with Crippen LogP contribution < -0.4 is 0 Å². The maximum Gasteiger partial charge on any atom is 0.303 e. The van der Waals surface area contributed by atoms with Gasteiger partial charge in [0.05, 0.1) is 5.02 Å². The van der Waals surface area contributed by atoms with Crippen LogP contribution >= 0.6 is 11.6 Å². The molecule has 0 fully saturated rings. The Morgan fingerprint density at radius 3 is 2.89 bits per heavy atom. The van der Waals surface area contributed by atoms with Gasteiger partial charge in [0.1, 0.15) is 11.3 Å². The molecule has 0 aliphatic carbocycles. The number of nitrogens with zero attached hydrogens (tertiary/aromatic N) is 3. The van der Waals surface area contributed by atoms with Crippen molar-refractivity contribution in [2.24, 2.45) is 0 Å². The zero-order chi connectivity index (χ0) is 14.0. The number of aromatic nitrogens is 3. The Hall–Kier alpha value is -1.62. The first-order valence-electron chi connectivity index (χ1n) is 6.22. The van der Waals surface area contributed by atoms with E-state index in [1.54, 1.807) is 12.3 Å². The molecular formula is C13H16ClN3O2. The van der Waals surface area contributed by atoms with Crippen LogP contribution in [-0.2, 0) is 11.3 Å². The second-order valence-electron chi connectivity index (χ2n) is 4.77. The van der Waals surface area contributed by atoms with Crippen molar-refractivity contribution in [2.75, 3.05) is 0 Å². The van der Waals surface area contributed by atoms with E-state index in [1.165, 1.54) is 0 Å². The first-order chi connectivity index (χ1) is 8.99. The molecule has 2 aromatic heterocycles. The number of pyridine rings is 1. The number of aliphatic carboxylic acids is 1. The summed E-state index contributed by atoms with van der Waals surface area (Å²) in [6, 6.07) is 1.78. The van der Waals surface area contributed by atoms with E-state index in [4.69, 9.17) is 16.7 Å². The fourth-order valence-corrected chi connectivity index (χ4v) is 2.21. The lowest BCUT2D eigenvalue weighted by molar-refractivity contribution is -0.137. The predicted molar refractivity (Wildman–Crippen MR) is 73.5 cm³/mol. The Morgan fingerprint density at radius 1 is 1.53 bits per heavy atom. The van der Waals surface area contributed by atoms with Gasteiger partial charge in [-0.05, 0) is 12.5 Å². The van der Waals surface area contributed by atoms with E-state index in [-0.39, 0.29) is 12.3 Å². The van der Waals surface area contributed by atoms with Crippen molar-refractivity contribution in [1.82, 2.24) is 14.5 Å². The first-order valence-corrected chi connectivity index (χ1v) is 6.60. The Morgan fingerprint density at radius 2 is 2.26 bits per heavy atom. The third-order valence-corrected chi connectivity index (χ3v) is 3.08. The van der Waals surface area contributed by atoms with Gasteiger partial charge in [0.15, 0.2) is 5.65 Å². The second kappa shape index (κ2) is 5.57. The van der Waals surface area contributed by atoms with Crippen molar-refractivity contribution in [3.63, 3.8) is 0 Å². The van der Waals surface area contributed by atoms with Crippen LogP contribution in [0, 0.1) is 0 Å². The smallest absolute Gasteiger partial charge is 0.303 e. The summed E-state index contributed by atoms with van der Waals surface area (Å²) in [5.74, 6) is 0.375. The maximum atomic E-state index is 10.6. The van der Waals surface area contributed by atoms with Crippen molar-refractivity contribution >= 4 is 28.7 Å². The Kier molecular flexibility index (Phi) is 4.04. The number of rotatable bonds is 5. The van der Waals surface area contributed by atoms with Crippen molar-refractivity contribution in [1.29, 1.82) is 0 Å². The molecule has 19 heavy (non-hydrogen) atoms. The quantitative estimate of drug-likeness (QED) is 0.914. The lowest BCUT2D eigenvalue weighted by Crippen LogP contribution is -2.08. The molecule has 2 rings (SSSR count). The molecule has 102 valence electrons.